The van der Waals surface area contributed by atoms with E-state index in [0.29, 0.717) is 0 Å². The third kappa shape index (κ3) is 7.87. The Labute approximate surface area is 436 Å². The fourth-order valence-electron chi connectivity index (χ4n) is 11.6. The van der Waals surface area contributed by atoms with Gasteiger partial charge in [-0.25, -0.2) is 0 Å². The molecular weight excluding hydrogens is 894 g/mol. The summed E-state index contributed by atoms with van der Waals surface area (Å²) in [6.07, 6.45) is 0. The molecule has 1 heterocycles. The van der Waals surface area contributed by atoms with Gasteiger partial charge in [-0.15, -0.1) is 0 Å². The third-order valence-corrected chi connectivity index (χ3v) is 15.2. The fraction of sp³-hybridized carbons (Fsp3) is 0.0571. The Kier molecular flexibility index (Phi) is 11.2. The number of hydrogen-bond donors (Lipinski definition) is 1. The maximum absolute atomic E-state index is 4.02. The zero-order valence-corrected chi connectivity index (χ0v) is 41.8. The molecule has 0 atom stereocenters. The van der Waals surface area contributed by atoms with E-state index in [1.165, 1.54) is 61.1 Å². The minimum absolute atomic E-state index is 0.293. The topological polar surface area (TPSA) is 18.5 Å². The van der Waals surface area contributed by atoms with Gasteiger partial charge >= 0.3 is 0 Å². The van der Waals surface area contributed by atoms with Crippen LogP contribution < -0.4 is 26.0 Å². The summed E-state index contributed by atoms with van der Waals surface area (Å²) in [5.41, 5.74) is 26.6. The molecule has 11 aromatic rings. The third-order valence-electron chi connectivity index (χ3n) is 15.2. The number of nitrogens with zero attached hydrogens (tertiary/aromatic N) is 2. The van der Waals surface area contributed by atoms with Crippen LogP contribution in [0.4, 0.5) is 45.5 Å². The Balaban J connectivity index is 1.10. The summed E-state index contributed by atoms with van der Waals surface area (Å²) >= 11 is 0. The molecule has 0 aromatic heterocycles. The van der Waals surface area contributed by atoms with Gasteiger partial charge in [0, 0.05) is 56.5 Å². The predicted molar refractivity (Wildman–Crippen MR) is 315 cm³/mol. The van der Waals surface area contributed by atoms with Crippen LogP contribution in [0.25, 0.3) is 55.6 Å². The smallest absolute Gasteiger partial charge is 0.198 e. The molecule has 0 saturated heterocycles. The number of aryl methyl sites for hydroxylation is 1. The van der Waals surface area contributed by atoms with Crippen LogP contribution in [0.15, 0.2) is 261 Å². The number of hydrogen-bond acceptors (Lipinski definition) is 3. The molecule has 0 amide bonds. The summed E-state index contributed by atoms with van der Waals surface area (Å²) in [6.45, 7) is 7.08. The van der Waals surface area contributed by atoms with Crippen molar-refractivity contribution in [1.82, 2.24) is 0 Å². The quantitative estimate of drug-likeness (QED) is 0.138. The van der Waals surface area contributed by atoms with E-state index >= 15 is 0 Å². The van der Waals surface area contributed by atoms with E-state index in [4.69, 9.17) is 0 Å². The van der Waals surface area contributed by atoms with Crippen LogP contribution in [0.5, 0.6) is 0 Å². The summed E-state index contributed by atoms with van der Waals surface area (Å²) in [7, 11) is 2.48. The lowest BCUT2D eigenvalue weighted by Gasteiger charge is -2.38. The number of rotatable bonds is 10. The van der Waals surface area contributed by atoms with Crippen LogP contribution in [-0.2, 0) is 5.41 Å². The molecule has 4 heteroatoms. The van der Waals surface area contributed by atoms with Crippen molar-refractivity contribution in [3.8, 4) is 55.6 Å². The second kappa shape index (κ2) is 18.5. The van der Waals surface area contributed by atoms with Crippen molar-refractivity contribution in [2.75, 3.05) is 15.1 Å². The normalized spacial score (nSPS) is 12.7. The van der Waals surface area contributed by atoms with E-state index in [-0.39, 0.29) is 5.41 Å². The van der Waals surface area contributed by atoms with Gasteiger partial charge in [-0.1, -0.05) is 195 Å². The van der Waals surface area contributed by atoms with E-state index in [1.54, 1.807) is 0 Å². The Bertz CT molecular complexity index is 3830. The molecule has 1 aliphatic carbocycles. The number of nitrogens with one attached hydrogen (secondary N) is 1. The first-order valence-electron chi connectivity index (χ1n) is 25.7. The Morgan fingerprint density at radius 1 is 0.392 bits per heavy atom. The lowest BCUT2D eigenvalue weighted by Crippen LogP contribution is -2.42. The number of para-hydroxylation sites is 2. The van der Waals surface area contributed by atoms with E-state index in [9.17, 15) is 0 Å². The largest absolute Gasteiger partial charge is 0.355 e. The van der Waals surface area contributed by atoms with Gasteiger partial charge in [-0.3, -0.25) is 0 Å². The molecule has 351 valence electrons. The van der Waals surface area contributed by atoms with Crippen LogP contribution in [0.3, 0.4) is 0 Å². The maximum atomic E-state index is 4.02. The zero-order chi connectivity index (χ0) is 49.8. The summed E-state index contributed by atoms with van der Waals surface area (Å²) in [5.74, 6) is 0. The lowest BCUT2D eigenvalue weighted by molar-refractivity contribution is 0.660. The molecule has 0 spiro atoms. The highest BCUT2D eigenvalue weighted by atomic mass is 15.2. The van der Waals surface area contributed by atoms with Crippen molar-refractivity contribution in [2.45, 2.75) is 26.2 Å². The second-order valence-corrected chi connectivity index (χ2v) is 20.1. The molecule has 0 saturated carbocycles. The van der Waals surface area contributed by atoms with Crippen molar-refractivity contribution >= 4 is 63.7 Å². The molecule has 0 bridgehead atoms. The molecule has 1 aliphatic heterocycles. The minimum atomic E-state index is -0.293. The molecule has 13 rings (SSSR count). The van der Waals surface area contributed by atoms with Crippen molar-refractivity contribution in [3.63, 3.8) is 0 Å². The number of fused-ring (bicyclic) bond motifs is 5. The van der Waals surface area contributed by atoms with Crippen molar-refractivity contribution < 1.29 is 0 Å². The highest BCUT2D eigenvalue weighted by Crippen LogP contribution is 2.56. The van der Waals surface area contributed by atoms with E-state index in [0.717, 1.165) is 67.7 Å². The molecule has 3 nitrogen and oxygen atoms in total. The number of benzene rings is 11. The standard InChI is InChI=1S/C70H53BN3/c1-47-42-52(49-24-11-5-12-25-49)37-40-64(47)74-65-41-38-57(73(55-30-15-7-16-31-55)56-32-17-8-18-33-56)45-62(65)71-69-66(74)46-61-67(58-34-19-20-35-60(58)70(61,2)3)68(69)59-44-53(50-26-13-6-14-27-50)36-39-63(59)72-54-29-21-28-51(43-54)48-22-9-4-10-23-48/h4-46,72H,1-3H3. The maximum Gasteiger partial charge on any atom is 0.198 e. The van der Waals surface area contributed by atoms with Gasteiger partial charge in [0.2, 0.25) is 0 Å². The Morgan fingerprint density at radius 3 is 1.57 bits per heavy atom. The van der Waals surface area contributed by atoms with Gasteiger partial charge in [0.15, 0.2) is 7.28 Å². The average Bonchev–Trinajstić information content (AvgIpc) is 3.69. The molecule has 74 heavy (non-hydrogen) atoms. The summed E-state index contributed by atoms with van der Waals surface area (Å²) < 4.78 is 0. The van der Waals surface area contributed by atoms with Gasteiger partial charge in [-0.05, 0) is 164 Å². The summed E-state index contributed by atoms with van der Waals surface area (Å²) in [5, 5.41) is 4.02. The van der Waals surface area contributed by atoms with E-state index in [1.807, 2.05) is 0 Å². The molecule has 1 N–H and O–H groups in total. The van der Waals surface area contributed by atoms with Gasteiger partial charge in [0.05, 0.1) is 0 Å². The first-order valence-corrected chi connectivity index (χ1v) is 25.7. The lowest BCUT2D eigenvalue weighted by atomic mass is 9.57. The summed E-state index contributed by atoms with van der Waals surface area (Å²) in [4.78, 5) is 4.92. The van der Waals surface area contributed by atoms with Crippen LogP contribution in [0, 0.1) is 6.92 Å². The van der Waals surface area contributed by atoms with E-state index in [2.05, 4.69) is 304 Å². The second-order valence-electron chi connectivity index (χ2n) is 20.1. The highest BCUT2D eigenvalue weighted by molar-refractivity contribution is 6.73. The molecule has 1 radical (unpaired) electrons. The van der Waals surface area contributed by atoms with Crippen LogP contribution in [-0.4, -0.2) is 7.28 Å². The van der Waals surface area contributed by atoms with Gasteiger partial charge in [0.1, 0.15) is 0 Å². The SMILES string of the molecule is Cc1cc(-c2ccccc2)ccc1N1c2ccc(N(c3ccccc3)c3ccccc3)cc2[B]c2c1cc1c(c2-c2cc(-c3ccccc3)ccc2Nc2cccc(-c3ccccc3)c2)-c2ccccc2C1(C)C. The molecule has 0 unspecified atom stereocenters. The monoisotopic (exact) mass is 946 g/mol. The highest BCUT2D eigenvalue weighted by Gasteiger charge is 2.41. The first kappa shape index (κ1) is 44.8. The van der Waals surface area contributed by atoms with Crippen LogP contribution in [0.2, 0.25) is 0 Å². The van der Waals surface area contributed by atoms with Gasteiger partial charge in [-0.2, -0.15) is 0 Å². The Morgan fingerprint density at radius 2 is 0.932 bits per heavy atom. The van der Waals surface area contributed by atoms with Crippen LogP contribution >= 0.6 is 0 Å². The number of anilines is 8. The predicted octanol–water partition coefficient (Wildman–Crippen LogP) is 17.6. The molecule has 2 aliphatic rings. The molecular formula is C70H53BN3. The van der Waals surface area contributed by atoms with Crippen LogP contribution in [0.1, 0.15) is 30.5 Å². The average molecular weight is 947 g/mol. The van der Waals surface area contributed by atoms with Crippen molar-refractivity contribution in [2.24, 2.45) is 0 Å². The first-order chi connectivity index (χ1) is 36.4. The van der Waals surface area contributed by atoms with E-state index < -0.39 is 0 Å². The van der Waals surface area contributed by atoms with Crippen molar-refractivity contribution in [3.05, 3.63) is 278 Å². The summed E-state index contributed by atoms with van der Waals surface area (Å²) in [6, 6.07) is 95.0. The van der Waals surface area contributed by atoms with Gasteiger partial charge < -0.3 is 15.1 Å². The van der Waals surface area contributed by atoms with Crippen molar-refractivity contribution in [1.29, 1.82) is 0 Å². The molecule has 11 aromatic carbocycles. The Hall–Kier alpha value is -9.12. The minimum Gasteiger partial charge on any atom is -0.355 e. The zero-order valence-electron chi connectivity index (χ0n) is 41.8. The fourth-order valence-corrected chi connectivity index (χ4v) is 11.6. The molecule has 0 fully saturated rings. The van der Waals surface area contributed by atoms with Gasteiger partial charge in [0.25, 0.3) is 0 Å².